The summed E-state index contributed by atoms with van der Waals surface area (Å²) in [5.41, 5.74) is 4.18. The van der Waals surface area contributed by atoms with Gasteiger partial charge in [0.05, 0.1) is 7.11 Å². The summed E-state index contributed by atoms with van der Waals surface area (Å²) in [6.45, 7) is 4.47. The smallest absolute Gasteiger partial charge is 0.119 e. The minimum absolute atomic E-state index is 0.949. The molecule has 2 nitrogen and oxygen atoms in total. The lowest BCUT2D eigenvalue weighted by molar-refractivity contribution is 0.415. The van der Waals surface area contributed by atoms with Gasteiger partial charge in [0.25, 0.3) is 0 Å². The summed E-state index contributed by atoms with van der Waals surface area (Å²) < 4.78 is 7.63. The Bertz CT molecular complexity index is 540. The van der Waals surface area contributed by atoms with Crippen LogP contribution >= 0.6 is 0 Å². The van der Waals surface area contributed by atoms with Crippen LogP contribution in [0.5, 0.6) is 5.75 Å². The van der Waals surface area contributed by atoms with Crippen molar-refractivity contribution in [3.8, 4) is 5.75 Å². The Morgan fingerprint density at radius 1 is 1.22 bits per heavy atom. The Hall–Kier alpha value is -1.44. The average Bonchev–Trinajstić information content (AvgIpc) is 2.63. The molecule has 18 heavy (non-hydrogen) atoms. The first-order chi connectivity index (χ1) is 8.69. The Morgan fingerprint density at radius 2 is 2.00 bits per heavy atom. The van der Waals surface area contributed by atoms with Crippen molar-refractivity contribution >= 4 is 10.9 Å². The molecule has 1 heterocycles. The van der Waals surface area contributed by atoms with E-state index >= 15 is 0 Å². The summed E-state index contributed by atoms with van der Waals surface area (Å²) in [6, 6.07) is 6.37. The van der Waals surface area contributed by atoms with E-state index in [1.807, 2.05) is 6.07 Å². The number of benzene rings is 1. The molecule has 0 unspecified atom stereocenters. The van der Waals surface area contributed by atoms with E-state index in [-0.39, 0.29) is 0 Å². The second kappa shape index (κ2) is 5.47. The lowest BCUT2D eigenvalue weighted by atomic mass is 10.0. The number of hydrogen-bond donors (Lipinski definition) is 0. The lowest BCUT2D eigenvalue weighted by Crippen LogP contribution is -1.92. The molecule has 1 aromatic carbocycles. The molecule has 2 rings (SSSR count). The highest BCUT2D eigenvalue weighted by molar-refractivity contribution is 5.86. The fraction of sp³-hybridized carbons (Fsp3) is 0.500. The molecule has 0 N–H and O–H groups in total. The van der Waals surface area contributed by atoms with Crippen molar-refractivity contribution in [2.45, 2.75) is 39.5 Å². The molecule has 0 saturated carbocycles. The van der Waals surface area contributed by atoms with Gasteiger partial charge in [-0.1, -0.05) is 19.8 Å². The fourth-order valence-corrected chi connectivity index (χ4v) is 2.62. The maximum atomic E-state index is 5.34. The normalized spacial score (nSPS) is 11.1. The van der Waals surface area contributed by atoms with Gasteiger partial charge in [0.1, 0.15) is 5.75 Å². The third kappa shape index (κ3) is 2.24. The predicted molar refractivity (Wildman–Crippen MR) is 77.4 cm³/mol. The Balaban J connectivity index is 2.45. The zero-order chi connectivity index (χ0) is 13.1. The van der Waals surface area contributed by atoms with Crippen molar-refractivity contribution in [2.24, 2.45) is 7.05 Å². The van der Waals surface area contributed by atoms with Crippen molar-refractivity contribution in [1.29, 1.82) is 0 Å². The largest absolute Gasteiger partial charge is 0.497 e. The topological polar surface area (TPSA) is 14.2 Å². The van der Waals surface area contributed by atoms with Crippen LogP contribution in [0.4, 0.5) is 0 Å². The molecule has 2 aromatic rings. The summed E-state index contributed by atoms with van der Waals surface area (Å²) >= 11 is 0. The van der Waals surface area contributed by atoms with Crippen molar-refractivity contribution in [2.75, 3.05) is 7.11 Å². The van der Waals surface area contributed by atoms with Gasteiger partial charge in [0.2, 0.25) is 0 Å². The van der Waals surface area contributed by atoms with Crippen molar-refractivity contribution in [3.63, 3.8) is 0 Å². The van der Waals surface area contributed by atoms with Gasteiger partial charge in [-0.15, -0.1) is 0 Å². The number of rotatable bonds is 5. The quantitative estimate of drug-likeness (QED) is 0.719. The second-order valence-corrected chi connectivity index (χ2v) is 4.96. The van der Waals surface area contributed by atoms with Gasteiger partial charge < -0.3 is 9.30 Å². The van der Waals surface area contributed by atoms with E-state index in [0.29, 0.717) is 0 Å². The molecule has 2 heteroatoms. The van der Waals surface area contributed by atoms with Crippen molar-refractivity contribution < 1.29 is 4.74 Å². The number of nitrogens with zero attached hydrogens (tertiary/aromatic N) is 1. The minimum atomic E-state index is 0.949. The Morgan fingerprint density at radius 3 is 2.67 bits per heavy atom. The standard InChI is InChI=1S/C16H23NO/c1-5-6-7-8-14-12(2)17(3)16-10-9-13(18-4)11-15(14)16/h9-11H,5-8H2,1-4H3. The molecule has 0 spiro atoms. The Labute approximate surface area is 110 Å². The van der Waals surface area contributed by atoms with Gasteiger partial charge in [-0.25, -0.2) is 0 Å². The van der Waals surface area contributed by atoms with Gasteiger partial charge in [-0.05, 0) is 43.5 Å². The van der Waals surface area contributed by atoms with E-state index in [1.54, 1.807) is 7.11 Å². The first kappa shape index (κ1) is 13.0. The maximum Gasteiger partial charge on any atom is 0.119 e. The summed E-state index contributed by atoms with van der Waals surface area (Å²) in [7, 11) is 3.88. The molecule has 0 fully saturated rings. The number of methoxy groups -OCH3 is 1. The van der Waals surface area contributed by atoms with Crippen LogP contribution in [0.25, 0.3) is 10.9 Å². The van der Waals surface area contributed by atoms with Crippen LogP contribution in [0.15, 0.2) is 18.2 Å². The number of aromatic nitrogens is 1. The van der Waals surface area contributed by atoms with Gasteiger partial charge in [-0.3, -0.25) is 0 Å². The van der Waals surface area contributed by atoms with Gasteiger partial charge in [0, 0.05) is 23.6 Å². The second-order valence-electron chi connectivity index (χ2n) is 4.96. The highest BCUT2D eigenvalue weighted by atomic mass is 16.5. The number of ether oxygens (including phenoxy) is 1. The molecule has 0 bridgehead atoms. The molecule has 0 saturated heterocycles. The van der Waals surface area contributed by atoms with Crippen LogP contribution in [0.2, 0.25) is 0 Å². The van der Waals surface area contributed by atoms with E-state index < -0.39 is 0 Å². The molecule has 0 aliphatic heterocycles. The highest BCUT2D eigenvalue weighted by Crippen LogP contribution is 2.29. The molecule has 0 atom stereocenters. The summed E-state index contributed by atoms with van der Waals surface area (Å²) in [5, 5.41) is 1.35. The molecule has 0 aliphatic rings. The maximum absolute atomic E-state index is 5.34. The zero-order valence-corrected chi connectivity index (χ0v) is 11.9. The average molecular weight is 245 g/mol. The van der Waals surface area contributed by atoms with Crippen LogP contribution in [0.1, 0.15) is 37.4 Å². The zero-order valence-electron chi connectivity index (χ0n) is 11.9. The third-order valence-corrected chi connectivity index (χ3v) is 3.86. The van der Waals surface area contributed by atoms with Gasteiger partial charge in [-0.2, -0.15) is 0 Å². The lowest BCUT2D eigenvalue weighted by Gasteiger charge is -2.03. The molecule has 0 radical (unpaired) electrons. The number of hydrogen-bond acceptors (Lipinski definition) is 1. The van der Waals surface area contributed by atoms with Crippen LogP contribution in [0.3, 0.4) is 0 Å². The number of aryl methyl sites for hydroxylation is 2. The van der Waals surface area contributed by atoms with E-state index in [9.17, 15) is 0 Å². The van der Waals surface area contributed by atoms with Crippen LogP contribution in [0, 0.1) is 6.92 Å². The highest BCUT2D eigenvalue weighted by Gasteiger charge is 2.12. The summed E-state index contributed by atoms with van der Waals surface area (Å²) in [5.74, 6) is 0.949. The van der Waals surface area contributed by atoms with E-state index in [1.165, 1.54) is 47.8 Å². The summed E-state index contributed by atoms with van der Waals surface area (Å²) in [4.78, 5) is 0. The van der Waals surface area contributed by atoms with Gasteiger partial charge >= 0.3 is 0 Å². The molecule has 1 aromatic heterocycles. The first-order valence-corrected chi connectivity index (χ1v) is 6.81. The third-order valence-electron chi connectivity index (χ3n) is 3.86. The van der Waals surface area contributed by atoms with Crippen LogP contribution in [-0.2, 0) is 13.5 Å². The van der Waals surface area contributed by atoms with Crippen molar-refractivity contribution in [1.82, 2.24) is 4.57 Å². The molecule has 0 amide bonds. The number of fused-ring (bicyclic) bond motifs is 1. The molecular formula is C16H23NO. The fourth-order valence-electron chi connectivity index (χ4n) is 2.62. The Kier molecular flexibility index (Phi) is 3.95. The first-order valence-electron chi connectivity index (χ1n) is 6.81. The molecular weight excluding hydrogens is 222 g/mol. The van der Waals surface area contributed by atoms with Crippen LogP contribution in [-0.4, -0.2) is 11.7 Å². The number of unbranched alkanes of at least 4 members (excludes halogenated alkanes) is 2. The van der Waals surface area contributed by atoms with Crippen LogP contribution < -0.4 is 4.74 Å². The summed E-state index contributed by atoms with van der Waals surface area (Å²) in [6.07, 6.45) is 5.02. The molecule has 98 valence electrons. The SMILES string of the molecule is CCCCCc1c(C)n(C)c2ccc(OC)cc12. The monoisotopic (exact) mass is 245 g/mol. The molecule has 0 aliphatic carbocycles. The van der Waals surface area contributed by atoms with Gasteiger partial charge in [0.15, 0.2) is 0 Å². The predicted octanol–water partition coefficient (Wildman–Crippen LogP) is 4.23. The van der Waals surface area contributed by atoms with Crippen molar-refractivity contribution in [3.05, 3.63) is 29.5 Å². The van der Waals surface area contributed by atoms with E-state index in [2.05, 4.69) is 37.6 Å². The van der Waals surface area contributed by atoms with E-state index in [4.69, 9.17) is 4.74 Å². The minimum Gasteiger partial charge on any atom is -0.497 e. The van der Waals surface area contributed by atoms with E-state index in [0.717, 1.165) is 5.75 Å².